The highest BCUT2D eigenvalue weighted by Gasteiger charge is 2.26. The van der Waals surface area contributed by atoms with E-state index in [4.69, 9.17) is 27.9 Å². The van der Waals surface area contributed by atoms with Crippen molar-refractivity contribution in [3.63, 3.8) is 0 Å². The van der Waals surface area contributed by atoms with Crippen LogP contribution in [0.25, 0.3) is 0 Å². The quantitative estimate of drug-likeness (QED) is 0.808. The summed E-state index contributed by atoms with van der Waals surface area (Å²) < 4.78 is 5.46. The number of halogens is 2. The number of ether oxygens (including phenoxy) is 1. The summed E-state index contributed by atoms with van der Waals surface area (Å²) in [6, 6.07) is 12.8. The van der Waals surface area contributed by atoms with Crippen LogP contribution in [-0.2, 0) is 4.79 Å². The van der Waals surface area contributed by atoms with Gasteiger partial charge in [0.25, 0.3) is 0 Å². The van der Waals surface area contributed by atoms with Gasteiger partial charge in [0.15, 0.2) is 0 Å². The van der Waals surface area contributed by atoms with Crippen LogP contribution in [0, 0.1) is 0 Å². The topological polar surface area (TPSA) is 44.8 Å². The van der Waals surface area contributed by atoms with E-state index in [1.807, 2.05) is 25.1 Å². The minimum absolute atomic E-state index is 0.0703. The summed E-state index contributed by atoms with van der Waals surface area (Å²) in [4.78, 5) is 17.1. The lowest BCUT2D eigenvalue weighted by molar-refractivity contribution is -0.120. The summed E-state index contributed by atoms with van der Waals surface area (Å²) in [6.45, 7) is 5.17. The van der Waals surface area contributed by atoms with Crippen molar-refractivity contribution in [3.05, 3.63) is 52.5 Å². The van der Waals surface area contributed by atoms with Gasteiger partial charge in [0.2, 0.25) is 5.91 Å². The number of nitrogens with one attached hydrogen (secondary N) is 1. The Bertz CT molecular complexity index is 787. The Labute approximate surface area is 169 Å². The van der Waals surface area contributed by atoms with Gasteiger partial charge in [0.1, 0.15) is 5.75 Å². The first-order chi connectivity index (χ1) is 13.0. The number of carbonyl (C=O) groups excluding carboxylic acids is 1. The average molecular weight is 408 g/mol. The fourth-order valence-corrected chi connectivity index (χ4v) is 3.81. The summed E-state index contributed by atoms with van der Waals surface area (Å²) >= 11 is 12.0. The number of anilines is 2. The highest BCUT2D eigenvalue weighted by molar-refractivity contribution is 6.35. The molecule has 1 aliphatic heterocycles. The van der Waals surface area contributed by atoms with E-state index >= 15 is 0 Å². The van der Waals surface area contributed by atoms with Gasteiger partial charge in [0, 0.05) is 41.9 Å². The SMILES string of the molecule is COc1ccccc1N1CCN([C@H](C)C(=O)Nc2cc(Cl)cc(Cl)c2)CC1. The lowest BCUT2D eigenvalue weighted by Gasteiger charge is -2.38. The van der Waals surface area contributed by atoms with Crippen LogP contribution < -0.4 is 15.0 Å². The Kier molecular flexibility index (Phi) is 6.47. The van der Waals surface area contributed by atoms with Gasteiger partial charge in [-0.3, -0.25) is 9.69 Å². The third-order valence-corrected chi connectivity index (χ3v) is 5.23. The number of nitrogens with zero attached hydrogens (tertiary/aromatic N) is 2. The van der Waals surface area contributed by atoms with Gasteiger partial charge in [0.05, 0.1) is 18.8 Å². The second-order valence-corrected chi connectivity index (χ2v) is 7.39. The Morgan fingerprint density at radius 2 is 1.70 bits per heavy atom. The summed E-state index contributed by atoms with van der Waals surface area (Å²) in [7, 11) is 1.68. The second kappa shape index (κ2) is 8.83. The Balaban J connectivity index is 1.59. The fraction of sp³-hybridized carbons (Fsp3) is 0.350. The van der Waals surface area contributed by atoms with Crippen molar-refractivity contribution in [2.24, 2.45) is 0 Å². The highest BCUT2D eigenvalue weighted by Crippen LogP contribution is 2.28. The molecule has 2 aromatic rings. The molecule has 1 aliphatic rings. The maximum atomic E-state index is 12.6. The third-order valence-electron chi connectivity index (χ3n) is 4.80. The molecule has 0 aliphatic carbocycles. The first-order valence-electron chi connectivity index (χ1n) is 8.87. The van der Waals surface area contributed by atoms with Crippen molar-refractivity contribution in [2.45, 2.75) is 13.0 Å². The zero-order chi connectivity index (χ0) is 19.4. The number of benzene rings is 2. The number of hydrogen-bond donors (Lipinski definition) is 1. The minimum atomic E-state index is -0.248. The van der Waals surface area contributed by atoms with Crippen LogP contribution in [-0.4, -0.2) is 50.1 Å². The Morgan fingerprint density at radius 3 is 2.33 bits per heavy atom. The standard InChI is InChI=1S/C20H23Cl2N3O2/c1-14(20(26)23-17-12-15(21)11-16(22)13-17)24-7-9-25(10-8-24)18-5-3-4-6-19(18)27-2/h3-6,11-14H,7-10H2,1-2H3,(H,23,26)/t14-/m1/s1. The van der Waals surface area contributed by atoms with E-state index in [0.29, 0.717) is 15.7 Å². The molecular weight excluding hydrogens is 385 g/mol. The number of carbonyl (C=O) groups is 1. The average Bonchev–Trinajstić information content (AvgIpc) is 2.66. The number of piperazine rings is 1. The van der Waals surface area contributed by atoms with E-state index in [2.05, 4.69) is 21.2 Å². The summed E-state index contributed by atoms with van der Waals surface area (Å²) in [5, 5.41) is 3.89. The predicted octanol–water partition coefficient (Wildman–Crippen LogP) is 4.15. The Morgan fingerprint density at radius 1 is 1.07 bits per heavy atom. The predicted molar refractivity (Wildman–Crippen MR) is 111 cm³/mol. The molecular formula is C20H23Cl2N3O2. The molecule has 0 spiro atoms. The van der Waals surface area contributed by atoms with E-state index in [9.17, 15) is 4.79 Å². The molecule has 1 fully saturated rings. The van der Waals surface area contributed by atoms with Gasteiger partial charge >= 0.3 is 0 Å². The highest BCUT2D eigenvalue weighted by atomic mass is 35.5. The first kappa shape index (κ1) is 19.8. The summed E-state index contributed by atoms with van der Waals surface area (Å²) in [6.07, 6.45) is 0. The fourth-order valence-electron chi connectivity index (χ4n) is 3.28. The van der Waals surface area contributed by atoms with Crippen LogP contribution >= 0.6 is 23.2 Å². The molecule has 1 saturated heterocycles. The van der Waals surface area contributed by atoms with Gasteiger partial charge in [-0.25, -0.2) is 0 Å². The van der Waals surface area contributed by atoms with Crippen LogP contribution in [0.1, 0.15) is 6.92 Å². The number of hydrogen-bond acceptors (Lipinski definition) is 4. The molecule has 3 rings (SSSR count). The molecule has 0 aromatic heterocycles. The zero-order valence-electron chi connectivity index (χ0n) is 15.4. The van der Waals surface area contributed by atoms with Crippen LogP contribution in [0.15, 0.2) is 42.5 Å². The van der Waals surface area contributed by atoms with Crippen LogP contribution in [0.4, 0.5) is 11.4 Å². The largest absolute Gasteiger partial charge is 0.495 e. The smallest absolute Gasteiger partial charge is 0.241 e. The summed E-state index contributed by atoms with van der Waals surface area (Å²) in [5.41, 5.74) is 1.70. The van der Waals surface area contributed by atoms with E-state index in [1.54, 1.807) is 25.3 Å². The molecule has 2 aromatic carbocycles. The lowest BCUT2D eigenvalue weighted by Crippen LogP contribution is -2.52. The van der Waals surface area contributed by atoms with Crippen molar-refractivity contribution in [1.82, 2.24) is 4.90 Å². The molecule has 0 radical (unpaired) electrons. The number of methoxy groups -OCH3 is 1. The molecule has 27 heavy (non-hydrogen) atoms. The molecule has 0 bridgehead atoms. The molecule has 0 unspecified atom stereocenters. The van der Waals surface area contributed by atoms with Gasteiger partial charge < -0.3 is 15.0 Å². The van der Waals surface area contributed by atoms with Crippen molar-refractivity contribution in [1.29, 1.82) is 0 Å². The maximum absolute atomic E-state index is 12.6. The normalized spacial score (nSPS) is 16.1. The van der Waals surface area contributed by atoms with Crippen LogP contribution in [0.2, 0.25) is 10.0 Å². The summed E-state index contributed by atoms with van der Waals surface area (Å²) in [5.74, 6) is 0.800. The molecule has 0 saturated carbocycles. The van der Waals surface area contributed by atoms with Crippen molar-refractivity contribution in [3.8, 4) is 5.75 Å². The first-order valence-corrected chi connectivity index (χ1v) is 9.62. The Hall–Kier alpha value is -1.95. The monoisotopic (exact) mass is 407 g/mol. The molecule has 144 valence electrons. The maximum Gasteiger partial charge on any atom is 0.241 e. The molecule has 1 N–H and O–H groups in total. The van der Waals surface area contributed by atoms with Crippen LogP contribution in [0.5, 0.6) is 5.75 Å². The lowest BCUT2D eigenvalue weighted by atomic mass is 10.2. The van der Waals surface area contributed by atoms with E-state index in [0.717, 1.165) is 37.6 Å². The van der Waals surface area contributed by atoms with Crippen molar-refractivity contribution >= 4 is 40.5 Å². The molecule has 1 heterocycles. The van der Waals surface area contributed by atoms with Crippen molar-refractivity contribution in [2.75, 3.05) is 43.5 Å². The third kappa shape index (κ3) is 4.86. The molecule has 5 nitrogen and oxygen atoms in total. The van der Waals surface area contributed by atoms with Gasteiger partial charge in [-0.1, -0.05) is 35.3 Å². The minimum Gasteiger partial charge on any atom is -0.495 e. The van der Waals surface area contributed by atoms with E-state index < -0.39 is 0 Å². The van der Waals surface area contributed by atoms with Crippen molar-refractivity contribution < 1.29 is 9.53 Å². The zero-order valence-corrected chi connectivity index (χ0v) is 16.9. The number of para-hydroxylation sites is 2. The molecule has 1 amide bonds. The van der Waals surface area contributed by atoms with E-state index in [1.165, 1.54) is 0 Å². The van der Waals surface area contributed by atoms with Gasteiger partial charge in [-0.2, -0.15) is 0 Å². The van der Waals surface area contributed by atoms with Gasteiger partial charge in [-0.05, 0) is 37.3 Å². The van der Waals surface area contributed by atoms with E-state index in [-0.39, 0.29) is 11.9 Å². The molecule has 1 atom stereocenters. The molecule has 7 heteroatoms. The van der Waals surface area contributed by atoms with Gasteiger partial charge in [-0.15, -0.1) is 0 Å². The van der Waals surface area contributed by atoms with Crippen LogP contribution in [0.3, 0.4) is 0 Å². The number of amides is 1. The number of rotatable bonds is 5. The second-order valence-electron chi connectivity index (χ2n) is 6.52.